The minimum absolute atomic E-state index is 1.18. The summed E-state index contributed by atoms with van der Waals surface area (Å²) < 4.78 is 2.68. The van der Waals surface area contributed by atoms with E-state index in [4.69, 9.17) is 0 Å². The van der Waals surface area contributed by atoms with Gasteiger partial charge in [0, 0.05) is 7.14 Å². The van der Waals surface area contributed by atoms with Gasteiger partial charge >= 0.3 is 0 Å². The third-order valence-electron chi connectivity index (χ3n) is 3.09. The lowest BCUT2D eigenvalue weighted by atomic mass is 9.86. The summed E-state index contributed by atoms with van der Waals surface area (Å²) in [6.07, 6.45) is 2.36. The van der Waals surface area contributed by atoms with Crippen LogP contribution < -0.4 is 0 Å². The van der Waals surface area contributed by atoms with E-state index >= 15 is 0 Å². The highest BCUT2D eigenvalue weighted by molar-refractivity contribution is 14.1. The van der Waals surface area contributed by atoms with E-state index in [9.17, 15) is 0 Å². The van der Waals surface area contributed by atoms with Gasteiger partial charge in [-0.1, -0.05) is 12.1 Å². The van der Waals surface area contributed by atoms with Gasteiger partial charge in [-0.25, -0.2) is 0 Å². The molecule has 0 atom stereocenters. The average molecular weight is 432 g/mol. The van der Waals surface area contributed by atoms with Crippen LogP contribution in [0.1, 0.15) is 11.1 Å². The molecule has 0 unspecified atom stereocenters. The van der Waals surface area contributed by atoms with Crippen molar-refractivity contribution in [1.29, 1.82) is 0 Å². The van der Waals surface area contributed by atoms with Crippen molar-refractivity contribution in [3.05, 3.63) is 54.7 Å². The van der Waals surface area contributed by atoms with E-state index in [0.717, 1.165) is 0 Å². The molecule has 0 bridgehead atoms. The maximum absolute atomic E-state index is 2.39. The number of hydrogen-bond acceptors (Lipinski definition) is 0. The largest absolute Gasteiger partial charge is 0.0530 e. The van der Waals surface area contributed by atoms with Crippen molar-refractivity contribution < 1.29 is 0 Å². The summed E-state index contributed by atoms with van der Waals surface area (Å²) in [6.45, 7) is 0. The molecule has 2 heteroatoms. The lowest BCUT2D eigenvalue weighted by molar-refractivity contribution is 0.939. The molecule has 3 rings (SSSR count). The molecule has 0 fully saturated rings. The minimum Gasteiger partial charge on any atom is -0.0530 e. The molecule has 16 heavy (non-hydrogen) atoms. The number of halogens is 2. The molecule has 1 aliphatic carbocycles. The van der Waals surface area contributed by atoms with Crippen LogP contribution in [0.4, 0.5) is 0 Å². The molecule has 0 radical (unpaired) electrons. The van der Waals surface area contributed by atoms with Gasteiger partial charge in [-0.15, -0.1) is 0 Å². The third-order valence-corrected chi connectivity index (χ3v) is 4.43. The average Bonchev–Trinajstić information content (AvgIpc) is 2.28. The van der Waals surface area contributed by atoms with Crippen molar-refractivity contribution in [2.24, 2.45) is 0 Å². The number of hydrogen-bond donors (Lipinski definition) is 0. The molecule has 80 valence electrons. The van der Waals surface area contributed by atoms with Crippen molar-refractivity contribution in [1.82, 2.24) is 0 Å². The Morgan fingerprint density at radius 1 is 0.688 bits per heavy atom. The zero-order valence-electron chi connectivity index (χ0n) is 8.63. The standard InChI is InChI=1S/C14H10I2/c15-11-3-5-13-9(7-11)1-2-10-8-12(16)4-6-14(10)13/h3-8H,1-2H2. The van der Waals surface area contributed by atoms with Crippen molar-refractivity contribution in [2.45, 2.75) is 12.8 Å². The molecule has 0 amide bonds. The van der Waals surface area contributed by atoms with Crippen molar-refractivity contribution >= 4 is 45.2 Å². The predicted octanol–water partition coefficient (Wildman–Crippen LogP) is 4.66. The van der Waals surface area contributed by atoms with Crippen LogP contribution in [-0.2, 0) is 12.8 Å². The zero-order valence-corrected chi connectivity index (χ0v) is 12.9. The highest BCUT2D eigenvalue weighted by Crippen LogP contribution is 2.34. The van der Waals surface area contributed by atoms with Crippen molar-refractivity contribution in [3.8, 4) is 11.1 Å². The SMILES string of the molecule is Ic1ccc2c(c1)CCc1cc(I)ccc1-2. The monoisotopic (exact) mass is 432 g/mol. The Balaban J connectivity index is 2.23. The number of benzene rings is 2. The summed E-state index contributed by atoms with van der Waals surface area (Å²) >= 11 is 4.78. The second kappa shape index (κ2) is 4.29. The molecule has 0 nitrogen and oxygen atoms in total. The van der Waals surface area contributed by atoms with Crippen LogP contribution in [-0.4, -0.2) is 0 Å². The molecule has 0 aliphatic heterocycles. The summed E-state index contributed by atoms with van der Waals surface area (Å²) in [6, 6.07) is 13.6. The predicted molar refractivity (Wildman–Crippen MR) is 84.7 cm³/mol. The molecule has 0 heterocycles. The van der Waals surface area contributed by atoms with E-state index in [1.54, 1.807) is 0 Å². The first kappa shape index (κ1) is 11.0. The van der Waals surface area contributed by atoms with E-state index in [1.807, 2.05) is 0 Å². The fraction of sp³-hybridized carbons (Fsp3) is 0.143. The van der Waals surface area contributed by atoms with Gasteiger partial charge in [0.1, 0.15) is 0 Å². The second-order valence-electron chi connectivity index (χ2n) is 4.10. The smallest absolute Gasteiger partial charge is 0.0133 e. The van der Waals surface area contributed by atoms with E-state index < -0.39 is 0 Å². The normalized spacial score (nSPS) is 13.1. The molecule has 0 spiro atoms. The Labute approximate surface area is 123 Å². The molecule has 0 N–H and O–H groups in total. The van der Waals surface area contributed by atoms with Gasteiger partial charge in [-0.2, -0.15) is 0 Å². The van der Waals surface area contributed by atoms with Gasteiger partial charge in [-0.3, -0.25) is 0 Å². The topological polar surface area (TPSA) is 0 Å². The van der Waals surface area contributed by atoms with Crippen LogP contribution in [0.3, 0.4) is 0 Å². The lowest BCUT2D eigenvalue weighted by Gasteiger charge is -2.20. The highest BCUT2D eigenvalue weighted by atomic mass is 127. The maximum Gasteiger partial charge on any atom is 0.0133 e. The van der Waals surface area contributed by atoms with E-state index in [0.29, 0.717) is 0 Å². The highest BCUT2D eigenvalue weighted by Gasteiger charge is 2.15. The molecule has 0 saturated heterocycles. The summed E-state index contributed by atoms with van der Waals surface area (Å²) in [5, 5.41) is 0. The fourth-order valence-corrected chi connectivity index (χ4v) is 3.44. The van der Waals surface area contributed by atoms with Gasteiger partial charge in [0.05, 0.1) is 0 Å². The molecular formula is C14H10I2. The lowest BCUT2D eigenvalue weighted by Crippen LogP contribution is -2.04. The summed E-state index contributed by atoms with van der Waals surface area (Å²) in [5.41, 5.74) is 5.86. The van der Waals surface area contributed by atoms with Crippen LogP contribution in [0.2, 0.25) is 0 Å². The Morgan fingerprint density at radius 2 is 1.12 bits per heavy atom. The molecule has 2 aromatic carbocycles. The van der Waals surface area contributed by atoms with Crippen LogP contribution in [0.5, 0.6) is 0 Å². The summed E-state index contributed by atoms with van der Waals surface area (Å²) in [7, 11) is 0. The Morgan fingerprint density at radius 3 is 1.56 bits per heavy atom. The Hall–Kier alpha value is -0.100. The second-order valence-corrected chi connectivity index (χ2v) is 6.59. The first-order valence-corrected chi connectivity index (χ1v) is 7.47. The van der Waals surface area contributed by atoms with Gasteiger partial charge < -0.3 is 0 Å². The first-order chi connectivity index (χ1) is 7.74. The Kier molecular flexibility index (Phi) is 2.96. The minimum atomic E-state index is 1.18. The molecular weight excluding hydrogens is 422 g/mol. The van der Waals surface area contributed by atoms with E-state index in [2.05, 4.69) is 81.6 Å². The quantitative estimate of drug-likeness (QED) is 0.532. The fourth-order valence-electron chi connectivity index (χ4n) is 2.33. The van der Waals surface area contributed by atoms with Gasteiger partial charge in [-0.05, 0) is 105 Å². The van der Waals surface area contributed by atoms with Gasteiger partial charge in [0.25, 0.3) is 0 Å². The summed E-state index contributed by atoms with van der Waals surface area (Å²) in [4.78, 5) is 0. The van der Waals surface area contributed by atoms with Crippen molar-refractivity contribution in [3.63, 3.8) is 0 Å². The van der Waals surface area contributed by atoms with Crippen LogP contribution in [0.25, 0.3) is 11.1 Å². The molecule has 0 saturated carbocycles. The third kappa shape index (κ3) is 1.90. The maximum atomic E-state index is 2.39. The summed E-state index contributed by atoms with van der Waals surface area (Å²) in [5.74, 6) is 0. The van der Waals surface area contributed by atoms with E-state index in [-0.39, 0.29) is 0 Å². The first-order valence-electron chi connectivity index (χ1n) is 5.31. The van der Waals surface area contributed by atoms with E-state index in [1.165, 1.54) is 42.2 Å². The number of fused-ring (bicyclic) bond motifs is 3. The molecule has 2 aromatic rings. The zero-order chi connectivity index (χ0) is 11.1. The number of aryl methyl sites for hydroxylation is 2. The van der Waals surface area contributed by atoms with Gasteiger partial charge in [0.15, 0.2) is 0 Å². The van der Waals surface area contributed by atoms with Crippen LogP contribution >= 0.6 is 45.2 Å². The Bertz CT molecular complexity index is 507. The number of rotatable bonds is 0. The van der Waals surface area contributed by atoms with Crippen molar-refractivity contribution in [2.75, 3.05) is 0 Å². The van der Waals surface area contributed by atoms with Crippen LogP contribution in [0, 0.1) is 7.14 Å². The van der Waals surface area contributed by atoms with Gasteiger partial charge in [0.2, 0.25) is 0 Å². The van der Waals surface area contributed by atoms with Crippen LogP contribution in [0.15, 0.2) is 36.4 Å². The molecule has 0 aromatic heterocycles. The molecule has 1 aliphatic rings.